The highest BCUT2D eigenvalue weighted by atomic mass is 32.2. The van der Waals surface area contributed by atoms with Gasteiger partial charge < -0.3 is 15.5 Å². The van der Waals surface area contributed by atoms with Gasteiger partial charge in [0.05, 0.1) is 18.2 Å². The van der Waals surface area contributed by atoms with Crippen molar-refractivity contribution in [1.29, 1.82) is 0 Å². The molecule has 0 aliphatic carbocycles. The average molecular weight is 432 g/mol. The molecule has 1 aliphatic rings. The van der Waals surface area contributed by atoms with Crippen LogP contribution in [0.25, 0.3) is 0 Å². The van der Waals surface area contributed by atoms with Gasteiger partial charge in [0.2, 0.25) is 17.7 Å². The second-order valence-electron chi connectivity index (χ2n) is 6.62. The van der Waals surface area contributed by atoms with E-state index in [1.54, 1.807) is 6.92 Å². The molecule has 2 aromatic rings. The number of nitrogens with one attached hydrogen (secondary N) is 2. The van der Waals surface area contributed by atoms with Gasteiger partial charge in [-0.2, -0.15) is 0 Å². The number of amides is 6. The van der Waals surface area contributed by atoms with Gasteiger partial charge in [0, 0.05) is 12.5 Å². The molecular formula is C18H20N6O5S. The first-order valence-corrected chi connectivity index (χ1v) is 10.0. The number of hydrogen-bond donors (Lipinski definition) is 3. The van der Waals surface area contributed by atoms with Crippen LogP contribution in [0.5, 0.6) is 0 Å². The Hall–Kier alpha value is -3.41. The van der Waals surface area contributed by atoms with Gasteiger partial charge in [-0.1, -0.05) is 42.1 Å². The van der Waals surface area contributed by atoms with Crippen LogP contribution in [-0.4, -0.2) is 50.8 Å². The zero-order valence-electron chi connectivity index (χ0n) is 16.0. The number of nitrogens with zero attached hydrogens (tertiary/aromatic N) is 3. The van der Waals surface area contributed by atoms with Crippen LogP contribution in [0.3, 0.4) is 0 Å². The number of carbonyl (C=O) groups excluding carboxylic acids is 4. The first-order valence-electron chi connectivity index (χ1n) is 9.03. The second-order valence-corrected chi connectivity index (χ2v) is 7.55. The number of primary amides is 1. The first kappa shape index (κ1) is 21.3. The van der Waals surface area contributed by atoms with Crippen molar-refractivity contribution in [2.24, 2.45) is 11.7 Å². The summed E-state index contributed by atoms with van der Waals surface area (Å²) < 4.78 is 5.48. The van der Waals surface area contributed by atoms with Crippen molar-refractivity contribution in [2.45, 2.75) is 31.2 Å². The van der Waals surface area contributed by atoms with Crippen molar-refractivity contribution < 1.29 is 23.6 Å². The number of benzene rings is 1. The van der Waals surface area contributed by atoms with Gasteiger partial charge in [-0.25, -0.2) is 9.59 Å². The highest BCUT2D eigenvalue weighted by molar-refractivity contribution is 7.99. The Morgan fingerprint density at radius 1 is 1.27 bits per heavy atom. The van der Waals surface area contributed by atoms with Gasteiger partial charge >= 0.3 is 12.1 Å². The van der Waals surface area contributed by atoms with Gasteiger partial charge in [-0.3, -0.25) is 19.8 Å². The molecule has 11 nitrogen and oxygen atoms in total. The molecule has 0 bridgehead atoms. The SMILES string of the molecule is CC1NC(=O)N(Cc2ccccc2)C(=O)C1Cc1nnc(SCC(=O)NC(N)=O)o1. The molecule has 2 unspecified atom stereocenters. The Labute approximate surface area is 175 Å². The van der Waals surface area contributed by atoms with Crippen LogP contribution < -0.4 is 16.4 Å². The molecule has 0 spiro atoms. The summed E-state index contributed by atoms with van der Waals surface area (Å²) in [7, 11) is 0. The van der Waals surface area contributed by atoms with E-state index in [2.05, 4.69) is 15.5 Å². The molecule has 2 heterocycles. The molecule has 158 valence electrons. The van der Waals surface area contributed by atoms with Crippen molar-refractivity contribution in [1.82, 2.24) is 25.7 Å². The lowest BCUT2D eigenvalue weighted by atomic mass is 9.93. The zero-order chi connectivity index (χ0) is 21.7. The maximum absolute atomic E-state index is 13.0. The molecule has 1 aliphatic heterocycles. The van der Waals surface area contributed by atoms with Crippen LogP contribution in [0, 0.1) is 5.92 Å². The Bertz CT molecular complexity index is 950. The third kappa shape index (κ3) is 5.35. The third-order valence-corrected chi connectivity index (χ3v) is 5.22. The Balaban J connectivity index is 1.63. The normalized spacial score (nSPS) is 18.8. The topological polar surface area (TPSA) is 161 Å². The molecule has 0 radical (unpaired) electrons. The minimum atomic E-state index is -0.946. The molecule has 3 rings (SSSR count). The summed E-state index contributed by atoms with van der Waals surface area (Å²) in [6.07, 6.45) is 0.132. The number of rotatable bonds is 7. The van der Waals surface area contributed by atoms with Gasteiger partial charge in [-0.15, -0.1) is 10.2 Å². The van der Waals surface area contributed by atoms with Crippen LogP contribution >= 0.6 is 11.8 Å². The van der Waals surface area contributed by atoms with Gasteiger partial charge in [0.1, 0.15) is 0 Å². The number of carbonyl (C=O) groups is 4. The van der Waals surface area contributed by atoms with Gasteiger partial charge in [-0.05, 0) is 12.5 Å². The summed E-state index contributed by atoms with van der Waals surface area (Å²) >= 11 is 0.933. The smallest absolute Gasteiger partial charge is 0.324 e. The second kappa shape index (κ2) is 9.39. The zero-order valence-corrected chi connectivity index (χ0v) is 16.8. The number of hydrogen-bond acceptors (Lipinski definition) is 8. The molecule has 0 saturated carbocycles. The predicted octanol–water partition coefficient (Wildman–Crippen LogP) is 0.656. The number of aromatic nitrogens is 2. The minimum Gasteiger partial charge on any atom is -0.416 e. The summed E-state index contributed by atoms with van der Waals surface area (Å²) in [5.41, 5.74) is 5.70. The lowest BCUT2D eigenvalue weighted by Crippen LogP contribution is -2.59. The largest absolute Gasteiger partial charge is 0.416 e. The molecule has 6 amide bonds. The van der Waals surface area contributed by atoms with E-state index in [0.717, 1.165) is 17.3 Å². The Kier molecular flexibility index (Phi) is 6.67. The lowest BCUT2D eigenvalue weighted by molar-refractivity contribution is -0.135. The van der Waals surface area contributed by atoms with Crippen molar-refractivity contribution in [3.63, 3.8) is 0 Å². The number of thioether (sulfide) groups is 1. The monoisotopic (exact) mass is 432 g/mol. The fourth-order valence-corrected chi connectivity index (χ4v) is 3.52. The molecule has 1 aromatic heterocycles. The summed E-state index contributed by atoms with van der Waals surface area (Å²) in [4.78, 5) is 48.5. The number of urea groups is 2. The van der Waals surface area contributed by atoms with E-state index in [9.17, 15) is 19.2 Å². The molecule has 2 atom stereocenters. The maximum atomic E-state index is 13.0. The molecule has 1 saturated heterocycles. The van der Waals surface area contributed by atoms with Crippen LogP contribution in [-0.2, 0) is 22.6 Å². The highest BCUT2D eigenvalue weighted by Crippen LogP contribution is 2.23. The van der Waals surface area contributed by atoms with E-state index < -0.39 is 29.9 Å². The van der Waals surface area contributed by atoms with E-state index in [-0.39, 0.29) is 35.7 Å². The number of imide groups is 2. The molecule has 1 fully saturated rings. The van der Waals surface area contributed by atoms with E-state index in [4.69, 9.17) is 10.2 Å². The van der Waals surface area contributed by atoms with Crippen molar-refractivity contribution in [2.75, 3.05) is 5.75 Å². The van der Waals surface area contributed by atoms with Crippen molar-refractivity contribution in [3.05, 3.63) is 41.8 Å². The molecule has 4 N–H and O–H groups in total. The summed E-state index contributed by atoms with van der Waals surface area (Å²) in [6.45, 7) is 1.90. The quantitative estimate of drug-likeness (QED) is 0.538. The summed E-state index contributed by atoms with van der Waals surface area (Å²) in [6, 6.07) is 7.39. The van der Waals surface area contributed by atoms with Crippen LogP contribution in [0.15, 0.2) is 40.0 Å². The molecular weight excluding hydrogens is 412 g/mol. The van der Waals surface area contributed by atoms with E-state index >= 15 is 0 Å². The van der Waals surface area contributed by atoms with Crippen molar-refractivity contribution >= 4 is 35.6 Å². The minimum absolute atomic E-state index is 0.116. The molecule has 12 heteroatoms. The van der Waals surface area contributed by atoms with Crippen LogP contribution in [0.1, 0.15) is 18.4 Å². The standard InChI is InChI=1S/C18H20N6O5S/c1-10-12(7-14-22-23-18(29-14)30-9-13(25)21-16(19)27)15(26)24(17(28)20-10)8-11-5-3-2-4-6-11/h2-6,10,12H,7-9H2,1H3,(H,20,28)(H3,19,21,25,27). The lowest BCUT2D eigenvalue weighted by Gasteiger charge is -2.35. The first-order chi connectivity index (χ1) is 14.3. The average Bonchev–Trinajstić information content (AvgIpc) is 3.15. The fourth-order valence-electron chi connectivity index (χ4n) is 2.94. The van der Waals surface area contributed by atoms with E-state index in [1.807, 2.05) is 35.6 Å². The third-order valence-electron chi connectivity index (χ3n) is 4.40. The predicted molar refractivity (Wildman–Crippen MR) is 105 cm³/mol. The summed E-state index contributed by atoms with van der Waals surface area (Å²) in [5, 5.41) is 12.6. The van der Waals surface area contributed by atoms with Crippen LogP contribution in [0.4, 0.5) is 9.59 Å². The highest BCUT2D eigenvalue weighted by Gasteiger charge is 2.39. The molecule has 1 aromatic carbocycles. The fraction of sp³-hybridized carbons (Fsp3) is 0.333. The summed E-state index contributed by atoms with van der Waals surface area (Å²) in [5.74, 6) is -1.44. The van der Waals surface area contributed by atoms with E-state index in [0.29, 0.717) is 0 Å². The Morgan fingerprint density at radius 2 is 2.00 bits per heavy atom. The molecule has 30 heavy (non-hydrogen) atoms. The van der Waals surface area contributed by atoms with E-state index in [1.165, 1.54) is 4.90 Å². The maximum Gasteiger partial charge on any atom is 0.324 e. The van der Waals surface area contributed by atoms with Gasteiger partial charge in [0.25, 0.3) is 5.22 Å². The Morgan fingerprint density at radius 3 is 2.70 bits per heavy atom. The van der Waals surface area contributed by atoms with Crippen LogP contribution in [0.2, 0.25) is 0 Å². The van der Waals surface area contributed by atoms with Gasteiger partial charge in [0.15, 0.2) is 0 Å². The number of nitrogens with two attached hydrogens (primary N) is 1. The van der Waals surface area contributed by atoms with Crippen molar-refractivity contribution in [3.8, 4) is 0 Å².